The highest BCUT2D eigenvalue weighted by molar-refractivity contribution is 5.86. The molecule has 0 amide bonds. The van der Waals surface area contributed by atoms with Crippen molar-refractivity contribution in [2.45, 2.75) is 40.0 Å². The van der Waals surface area contributed by atoms with E-state index in [1.54, 1.807) is 0 Å². The average Bonchev–Trinajstić information content (AvgIpc) is 2.18. The van der Waals surface area contributed by atoms with Gasteiger partial charge in [-0.25, -0.2) is 0 Å². The number of rotatable bonds is 1. The van der Waals surface area contributed by atoms with E-state index in [1.165, 1.54) is 0 Å². The van der Waals surface area contributed by atoms with Gasteiger partial charge in [-0.05, 0) is 18.8 Å². The largest absolute Gasteiger partial charge is 0.299 e. The molecule has 1 saturated carbocycles. The fourth-order valence-corrected chi connectivity index (χ4v) is 1.77. The van der Waals surface area contributed by atoms with Gasteiger partial charge in [-0.3, -0.25) is 4.79 Å². The van der Waals surface area contributed by atoms with Gasteiger partial charge in [0, 0.05) is 11.8 Å². The van der Waals surface area contributed by atoms with Crippen LogP contribution in [0.4, 0.5) is 0 Å². The van der Waals surface area contributed by atoms with Gasteiger partial charge in [0.2, 0.25) is 0 Å². The highest BCUT2D eigenvalue weighted by atomic mass is 16.1. The Morgan fingerprint density at radius 1 is 1.70 bits per heavy atom. The second kappa shape index (κ2) is 2.37. The Morgan fingerprint density at radius 2 is 2.30 bits per heavy atom. The van der Waals surface area contributed by atoms with Gasteiger partial charge in [0.15, 0.2) is 0 Å². The van der Waals surface area contributed by atoms with Crippen LogP contribution in [-0.2, 0) is 4.79 Å². The van der Waals surface area contributed by atoms with Crippen LogP contribution < -0.4 is 0 Å². The van der Waals surface area contributed by atoms with Crippen LogP contribution in [0.3, 0.4) is 0 Å². The van der Waals surface area contributed by atoms with Crippen molar-refractivity contribution in [3.05, 3.63) is 0 Å². The summed E-state index contributed by atoms with van der Waals surface area (Å²) in [6.45, 7) is 6.40. The van der Waals surface area contributed by atoms with Gasteiger partial charge in [0.05, 0.1) is 0 Å². The predicted octanol–water partition coefficient (Wildman–Crippen LogP) is 2.40. The van der Waals surface area contributed by atoms with E-state index >= 15 is 0 Å². The Morgan fingerprint density at radius 3 is 2.50 bits per heavy atom. The molecule has 1 heteroatoms. The first kappa shape index (κ1) is 7.77. The second-order valence-electron chi connectivity index (χ2n) is 3.63. The normalized spacial score (nSPS) is 40.7. The van der Waals surface area contributed by atoms with Crippen LogP contribution in [0.25, 0.3) is 0 Å². The van der Waals surface area contributed by atoms with Crippen LogP contribution in [0.2, 0.25) is 0 Å². The lowest BCUT2D eigenvalue weighted by Crippen LogP contribution is -2.26. The molecule has 0 aromatic carbocycles. The molecule has 1 nitrogen and oxygen atoms in total. The second-order valence-corrected chi connectivity index (χ2v) is 3.63. The highest BCUT2D eigenvalue weighted by Gasteiger charge is 2.41. The first-order valence-corrected chi connectivity index (χ1v) is 4.14. The van der Waals surface area contributed by atoms with Gasteiger partial charge < -0.3 is 0 Å². The molecule has 58 valence electrons. The molecule has 10 heavy (non-hydrogen) atoms. The van der Waals surface area contributed by atoms with E-state index in [0.717, 1.165) is 19.3 Å². The number of hydrogen-bond acceptors (Lipinski definition) is 1. The number of carbonyl (C=O) groups excluding carboxylic acids is 1. The predicted molar refractivity (Wildman–Crippen MR) is 41.8 cm³/mol. The van der Waals surface area contributed by atoms with Crippen molar-refractivity contribution in [2.24, 2.45) is 11.3 Å². The summed E-state index contributed by atoms with van der Waals surface area (Å²) < 4.78 is 0. The molecule has 1 aliphatic rings. The summed E-state index contributed by atoms with van der Waals surface area (Å²) in [6.07, 6.45) is 2.92. The minimum atomic E-state index is 0.0139. The van der Waals surface area contributed by atoms with Gasteiger partial charge >= 0.3 is 0 Å². The van der Waals surface area contributed by atoms with Crippen molar-refractivity contribution in [3.8, 4) is 0 Å². The topological polar surface area (TPSA) is 17.1 Å². The summed E-state index contributed by atoms with van der Waals surface area (Å²) in [5, 5.41) is 0. The number of carbonyl (C=O) groups is 1. The van der Waals surface area contributed by atoms with E-state index in [9.17, 15) is 4.79 Å². The number of hydrogen-bond donors (Lipinski definition) is 0. The Hall–Kier alpha value is -0.330. The number of Topliss-reactive ketones (excluding diaryl/α,β-unsaturated/α-hetero) is 1. The van der Waals surface area contributed by atoms with Gasteiger partial charge in [-0.15, -0.1) is 0 Å². The Bertz CT molecular complexity index is 151. The van der Waals surface area contributed by atoms with Crippen molar-refractivity contribution < 1.29 is 4.79 Å². The zero-order chi connectivity index (χ0) is 7.78. The molecule has 2 atom stereocenters. The van der Waals surface area contributed by atoms with Crippen LogP contribution in [0, 0.1) is 11.3 Å². The molecule has 0 saturated heterocycles. The van der Waals surface area contributed by atoms with Crippen LogP contribution in [0.15, 0.2) is 0 Å². The first-order valence-electron chi connectivity index (χ1n) is 4.14. The third-order valence-electron chi connectivity index (χ3n) is 3.26. The molecule has 2 unspecified atom stereocenters. The Labute approximate surface area is 62.8 Å². The number of ketones is 1. The summed E-state index contributed by atoms with van der Waals surface area (Å²) >= 11 is 0. The van der Waals surface area contributed by atoms with Gasteiger partial charge in [0.25, 0.3) is 0 Å². The van der Waals surface area contributed by atoms with Gasteiger partial charge in [-0.2, -0.15) is 0 Å². The molecule has 0 aromatic heterocycles. The highest BCUT2D eigenvalue weighted by Crippen LogP contribution is 2.42. The Balaban J connectivity index is 2.80. The quantitative estimate of drug-likeness (QED) is 0.546. The summed E-state index contributed by atoms with van der Waals surface area (Å²) in [5.74, 6) is 1.08. The molecule has 0 N–H and O–H groups in total. The standard InChI is InChI=1S/C9H16O/c1-4-9(3)7(2)5-6-8(9)10/h7H,4-6H2,1-3H3. The molecule has 1 fully saturated rings. The first-order chi connectivity index (χ1) is 4.61. The fraction of sp³-hybridized carbons (Fsp3) is 0.889. The van der Waals surface area contributed by atoms with Crippen LogP contribution in [0.5, 0.6) is 0 Å². The maximum Gasteiger partial charge on any atom is 0.139 e. The maximum atomic E-state index is 11.3. The monoisotopic (exact) mass is 140 g/mol. The summed E-state index contributed by atoms with van der Waals surface area (Å²) in [5.41, 5.74) is 0.0139. The molecule has 0 aliphatic heterocycles. The maximum absolute atomic E-state index is 11.3. The molecule has 0 spiro atoms. The molecular weight excluding hydrogens is 124 g/mol. The molecule has 1 aliphatic carbocycles. The molecule has 0 aromatic rings. The van der Waals surface area contributed by atoms with Crippen LogP contribution in [0.1, 0.15) is 40.0 Å². The lowest BCUT2D eigenvalue weighted by atomic mass is 9.78. The summed E-state index contributed by atoms with van der Waals surface area (Å²) in [4.78, 5) is 11.3. The van der Waals surface area contributed by atoms with Crippen molar-refractivity contribution in [3.63, 3.8) is 0 Å². The van der Waals surface area contributed by atoms with E-state index in [0.29, 0.717) is 11.7 Å². The van der Waals surface area contributed by atoms with Crippen molar-refractivity contribution in [2.75, 3.05) is 0 Å². The Kier molecular flexibility index (Phi) is 1.84. The zero-order valence-corrected chi connectivity index (χ0v) is 7.11. The van der Waals surface area contributed by atoms with Crippen molar-refractivity contribution >= 4 is 5.78 Å². The lowest BCUT2D eigenvalue weighted by Gasteiger charge is -2.25. The van der Waals surface area contributed by atoms with Gasteiger partial charge in [-0.1, -0.05) is 20.8 Å². The van der Waals surface area contributed by atoms with Crippen molar-refractivity contribution in [1.29, 1.82) is 0 Å². The molecule has 0 bridgehead atoms. The van der Waals surface area contributed by atoms with E-state index in [2.05, 4.69) is 20.8 Å². The van der Waals surface area contributed by atoms with E-state index in [1.807, 2.05) is 0 Å². The van der Waals surface area contributed by atoms with E-state index in [4.69, 9.17) is 0 Å². The summed E-state index contributed by atoms with van der Waals surface area (Å²) in [7, 11) is 0. The average molecular weight is 140 g/mol. The van der Waals surface area contributed by atoms with E-state index < -0.39 is 0 Å². The van der Waals surface area contributed by atoms with Gasteiger partial charge in [0.1, 0.15) is 5.78 Å². The molecular formula is C9H16O. The summed E-state index contributed by atoms with van der Waals surface area (Å²) in [6, 6.07) is 0. The van der Waals surface area contributed by atoms with E-state index in [-0.39, 0.29) is 5.41 Å². The molecule has 1 rings (SSSR count). The fourth-order valence-electron chi connectivity index (χ4n) is 1.77. The van der Waals surface area contributed by atoms with Crippen LogP contribution >= 0.6 is 0 Å². The SMILES string of the molecule is CCC1(C)C(=O)CCC1C. The minimum Gasteiger partial charge on any atom is -0.299 e. The minimum absolute atomic E-state index is 0.0139. The molecule has 0 radical (unpaired) electrons. The smallest absolute Gasteiger partial charge is 0.139 e. The van der Waals surface area contributed by atoms with Crippen molar-refractivity contribution in [1.82, 2.24) is 0 Å². The lowest BCUT2D eigenvalue weighted by molar-refractivity contribution is -0.126. The third kappa shape index (κ3) is 0.882. The zero-order valence-electron chi connectivity index (χ0n) is 7.11. The third-order valence-corrected chi connectivity index (χ3v) is 3.26. The van der Waals surface area contributed by atoms with Crippen LogP contribution in [-0.4, -0.2) is 5.78 Å². The molecule has 0 heterocycles.